The number of hydrogen-bond donors (Lipinski definition) is 1. The molecule has 1 saturated heterocycles. The molecule has 3 unspecified atom stereocenters. The minimum atomic E-state index is -1.19. The molecule has 6 nitrogen and oxygen atoms in total. The summed E-state index contributed by atoms with van der Waals surface area (Å²) in [6, 6.07) is 0.0745. The van der Waals surface area contributed by atoms with Crippen molar-refractivity contribution in [2.24, 2.45) is 5.92 Å². The van der Waals surface area contributed by atoms with Gasteiger partial charge in [0.05, 0.1) is 18.7 Å². The number of ether oxygens (including phenoxy) is 1. The van der Waals surface area contributed by atoms with E-state index in [0.29, 0.717) is 25.6 Å². The quantitative estimate of drug-likeness (QED) is 0.730. The standard InChI is InChI=1S/C19H38N2O4S/c1-14(22)13-21(26(24)19(6,7)8)15(2)16-9-11-20(12-10-16)17(23)25-18(3,4)5/h14-16,22H,9-13H2,1-8H3. The molecule has 1 N–H and O–H groups in total. The van der Waals surface area contributed by atoms with E-state index in [0.717, 1.165) is 12.8 Å². The topological polar surface area (TPSA) is 76.1 Å². The average Bonchev–Trinajstić information content (AvgIpc) is 2.48. The fraction of sp³-hybridized carbons (Fsp3) is 0.947. The van der Waals surface area contributed by atoms with Crippen molar-refractivity contribution in [1.29, 1.82) is 0 Å². The van der Waals surface area contributed by atoms with Gasteiger partial charge in [-0.15, -0.1) is 4.31 Å². The van der Waals surface area contributed by atoms with Gasteiger partial charge in [-0.2, -0.15) is 0 Å². The summed E-state index contributed by atoms with van der Waals surface area (Å²) in [4.78, 5) is 14.0. The zero-order valence-corrected chi connectivity index (χ0v) is 18.6. The summed E-state index contributed by atoms with van der Waals surface area (Å²) >= 11 is -1.19. The van der Waals surface area contributed by atoms with E-state index in [1.54, 1.807) is 11.8 Å². The Balaban J connectivity index is 2.72. The number of aliphatic hydroxyl groups is 1. The third-order valence-corrected chi connectivity index (χ3v) is 6.46. The number of likely N-dealkylation sites (tertiary alicyclic amines) is 1. The van der Waals surface area contributed by atoms with E-state index in [-0.39, 0.29) is 16.9 Å². The number of carbonyl (C=O) groups excluding carboxylic acids is 1. The van der Waals surface area contributed by atoms with Crippen LogP contribution in [0.15, 0.2) is 0 Å². The number of hydrogen-bond acceptors (Lipinski definition) is 5. The maximum atomic E-state index is 13.0. The highest BCUT2D eigenvalue weighted by atomic mass is 32.2. The molecule has 0 aromatic rings. The molecule has 0 aromatic carbocycles. The van der Waals surface area contributed by atoms with E-state index < -0.39 is 23.1 Å². The molecular weight excluding hydrogens is 352 g/mol. The molecule has 1 rings (SSSR count). The van der Waals surface area contributed by atoms with Gasteiger partial charge in [0.15, 0.2) is 0 Å². The third-order valence-electron chi connectivity index (χ3n) is 4.51. The van der Waals surface area contributed by atoms with E-state index in [2.05, 4.69) is 6.92 Å². The second-order valence-electron chi connectivity index (χ2n) is 9.36. The van der Waals surface area contributed by atoms with E-state index >= 15 is 0 Å². The zero-order chi connectivity index (χ0) is 20.3. The maximum Gasteiger partial charge on any atom is 0.410 e. The smallest absolute Gasteiger partial charge is 0.410 e. The molecule has 154 valence electrons. The summed E-state index contributed by atoms with van der Waals surface area (Å²) in [6.45, 7) is 17.0. The van der Waals surface area contributed by atoms with E-state index in [4.69, 9.17) is 4.74 Å². The fourth-order valence-electron chi connectivity index (χ4n) is 3.12. The molecule has 1 aliphatic heterocycles. The molecule has 0 spiro atoms. The molecule has 7 heteroatoms. The Morgan fingerprint density at radius 1 is 1.23 bits per heavy atom. The van der Waals surface area contributed by atoms with Gasteiger partial charge in [-0.25, -0.2) is 4.79 Å². The first kappa shape index (κ1) is 23.5. The summed E-state index contributed by atoms with van der Waals surface area (Å²) in [7, 11) is 0. The number of amides is 1. The van der Waals surface area contributed by atoms with Crippen LogP contribution in [0, 0.1) is 5.92 Å². The second kappa shape index (κ2) is 9.13. The Morgan fingerprint density at radius 2 is 1.73 bits per heavy atom. The number of aliphatic hydroxyl groups excluding tert-OH is 1. The van der Waals surface area contributed by atoms with Crippen LogP contribution in [-0.2, 0) is 16.1 Å². The molecule has 1 aliphatic rings. The van der Waals surface area contributed by atoms with Crippen LogP contribution in [0.25, 0.3) is 0 Å². The van der Waals surface area contributed by atoms with Crippen molar-refractivity contribution in [1.82, 2.24) is 9.21 Å². The predicted molar refractivity (Wildman–Crippen MR) is 106 cm³/mol. The zero-order valence-electron chi connectivity index (χ0n) is 17.7. The van der Waals surface area contributed by atoms with Gasteiger partial charge in [-0.3, -0.25) is 0 Å². The monoisotopic (exact) mass is 390 g/mol. The van der Waals surface area contributed by atoms with Gasteiger partial charge in [-0.05, 0) is 74.1 Å². The van der Waals surface area contributed by atoms with Gasteiger partial charge < -0.3 is 19.3 Å². The molecule has 0 saturated carbocycles. The van der Waals surface area contributed by atoms with E-state index in [9.17, 15) is 14.5 Å². The van der Waals surface area contributed by atoms with Crippen LogP contribution in [0.3, 0.4) is 0 Å². The Kier molecular flexibility index (Phi) is 8.26. The summed E-state index contributed by atoms with van der Waals surface area (Å²) in [5.41, 5.74) is -0.487. The SMILES string of the molecule is CC(O)CN(C(C)C1CCN(C(=O)OC(C)(C)C)CC1)[S+]([O-])C(C)(C)C. The highest BCUT2D eigenvalue weighted by Crippen LogP contribution is 2.30. The molecular formula is C19H38N2O4S. The van der Waals surface area contributed by atoms with Crippen molar-refractivity contribution in [3.05, 3.63) is 0 Å². The van der Waals surface area contributed by atoms with Crippen LogP contribution in [0.5, 0.6) is 0 Å². The van der Waals surface area contributed by atoms with Crippen LogP contribution in [0.1, 0.15) is 68.2 Å². The first-order valence-electron chi connectivity index (χ1n) is 9.57. The highest BCUT2D eigenvalue weighted by Gasteiger charge is 2.40. The number of nitrogens with zero attached hydrogens (tertiary/aromatic N) is 2. The molecule has 0 aliphatic carbocycles. The van der Waals surface area contributed by atoms with Crippen LogP contribution < -0.4 is 0 Å². The Morgan fingerprint density at radius 3 is 2.12 bits per heavy atom. The van der Waals surface area contributed by atoms with Crippen molar-refractivity contribution in [2.45, 2.75) is 90.7 Å². The summed E-state index contributed by atoms with van der Waals surface area (Å²) in [5, 5.41) is 9.86. The van der Waals surface area contributed by atoms with Gasteiger partial charge >= 0.3 is 6.09 Å². The first-order valence-corrected chi connectivity index (χ1v) is 10.7. The predicted octanol–water partition coefficient (Wildman–Crippen LogP) is 3.17. The van der Waals surface area contributed by atoms with E-state index in [1.165, 1.54) is 0 Å². The maximum absolute atomic E-state index is 13.0. The molecule has 1 heterocycles. The molecule has 0 radical (unpaired) electrons. The fourth-order valence-corrected chi connectivity index (χ4v) is 4.65. The lowest BCUT2D eigenvalue weighted by Crippen LogP contribution is -2.53. The molecule has 0 bridgehead atoms. The van der Waals surface area contributed by atoms with Crippen molar-refractivity contribution in [3.63, 3.8) is 0 Å². The van der Waals surface area contributed by atoms with Crippen LogP contribution >= 0.6 is 0 Å². The summed E-state index contributed by atoms with van der Waals surface area (Å²) in [5.74, 6) is 0.332. The summed E-state index contributed by atoms with van der Waals surface area (Å²) < 4.78 is 20.0. The molecule has 1 fully saturated rings. The highest BCUT2D eigenvalue weighted by molar-refractivity contribution is 7.90. The number of piperidine rings is 1. The van der Waals surface area contributed by atoms with Crippen molar-refractivity contribution >= 4 is 17.5 Å². The first-order chi connectivity index (χ1) is 11.7. The van der Waals surface area contributed by atoms with Crippen molar-refractivity contribution in [2.75, 3.05) is 19.6 Å². The van der Waals surface area contributed by atoms with Crippen molar-refractivity contribution in [3.8, 4) is 0 Å². The lowest BCUT2D eigenvalue weighted by molar-refractivity contribution is 0.0151. The second-order valence-corrected chi connectivity index (χ2v) is 11.5. The number of carbonyl (C=O) groups is 1. The van der Waals surface area contributed by atoms with Crippen LogP contribution in [0.4, 0.5) is 4.79 Å². The van der Waals surface area contributed by atoms with Gasteiger partial charge in [0.2, 0.25) is 0 Å². The van der Waals surface area contributed by atoms with Crippen LogP contribution in [-0.4, -0.2) is 67.1 Å². The van der Waals surface area contributed by atoms with Crippen molar-refractivity contribution < 1.29 is 19.2 Å². The Hall–Kier alpha value is -0.500. The molecule has 1 amide bonds. The molecule has 3 atom stereocenters. The third kappa shape index (κ3) is 7.25. The van der Waals surface area contributed by atoms with E-state index in [1.807, 2.05) is 45.8 Å². The van der Waals surface area contributed by atoms with Crippen LogP contribution in [0.2, 0.25) is 0 Å². The van der Waals surface area contributed by atoms with Gasteiger partial charge in [0.25, 0.3) is 0 Å². The van der Waals surface area contributed by atoms with Gasteiger partial charge in [0.1, 0.15) is 10.3 Å². The van der Waals surface area contributed by atoms with Gasteiger partial charge in [-0.1, -0.05) is 0 Å². The Labute approximate surface area is 162 Å². The largest absolute Gasteiger partial charge is 0.597 e. The summed E-state index contributed by atoms with van der Waals surface area (Å²) in [6.07, 6.45) is 0.893. The number of rotatable bonds is 5. The lowest BCUT2D eigenvalue weighted by Gasteiger charge is -2.42. The Bertz CT molecular complexity index is 451. The molecule has 0 aromatic heterocycles. The van der Waals surface area contributed by atoms with Gasteiger partial charge in [0, 0.05) is 24.5 Å². The minimum Gasteiger partial charge on any atom is -0.597 e. The lowest BCUT2D eigenvalue weighted by atomic mass is 9.90. The minimum absolute atomic E-state index is 0.0745. The molecule has 26 heavy (non-hydrogen) atoms. The normalized spacial score (nSPS) is 20.8. The average molecular weight is 391 g/mol.